The predicted molar refractivity (Wildman–Crippen MR) is 112 cm³/mol. The van der Waals surface area contributed by atoms with Crippen LogP contribution in [0.3, 0.4) is 0 Å². The lowest BCUT2D eigenvalue weighted by molar-refractivity contribution is 0.0950. The number of aromatic nitrogens is 1. The van der Waals surface area contributed by atoms with Gasteiger partial charge in [0.1, 0.15) is 5.69 Å². The van der Waals surface area contributed by atoms with Crippen LogP contribution in [0.5, 0.6) is 0 Å². The first kappa shape index (κ1) is 20.0. The Morgan fingerprint density at radius 1 is 1.21 bits per heavy atom. The number of nitrogens with zero attached hydrogens (tertiary/aromatic N) is 1. The predicted octanol–water partition coefficient (Wildman–Crippen LogP) is 3.49. The van der Waals surface area contributed by atoms with Crippen molar-refractivity contribution in [3.05, 3.63) is 75.7 Å². The summed E-state index contributed by atoms with van der Waals surface area (Å²) in [5.41, 5.74) is 4.18. The maximum atomic E-state index is 12.0. The molecular formula is C21H18N2O3S2. The third-order valence-corrected chi connectivity index (χ3v) is 5.45. The summed E-state index contributed by atoms with van der Waals surface area (Å²) in [6.07, 6.45) is 5.95. The van der Waals surface area contributed by atoms with Crippen LogP contribution in [0.4, 0.5) is 0 Å². The van der Waals surface area contributed by atoms with Gasteiger partial charge in [0.05, 0.1) is 5.75 Å². The van der Waals surface area contributed by atoms with Crippen molar-refractivity contribution in [2.45, 2.75) is 12.2 Å². The fourth-order valence-corrected chi connectivity index (χ4v) is 3.89. The molecule has 7 heteroatoms. The molecule has 3 rings (SSSR count). The lowest BCUT2D eigenvalue weighted by Crippen LogP contribution is -2.25. The molecule has 0 aliphatic carbocycles. The van der Waals surface area contributed by atoms with E-state index in [4.69, 9.17) is 6.42 Å². The molecule has 0 aliphatic heterocycles. The second kappa shape index (κ2) is 9.42. The summed E-state index contributed by atoms with van der Waals surface area (Å²) in [6, 6.07) is 15.5. The molecule has 0 bridgehead atoms. The number of hydrogen-bond acceptors (Lipinski definition) is 4. The zero-order chi connectivity index (χ0) is 19.9. The number of carbonyl (C=O) groups is 1. The van der Waals surface area contributed by atoms with E-state index in [2.05, 4.69) is 16.2 Å². The van der Waals surface area contributed by atoms with Gasteiger partial charge in [-0.3, -0.25) is 4.79 Å². The van der Waals surface area contributed by atoms with Crippen LogP contribution in [0.25, 0.3) is 11.1 Å². The highest BCUT2D eigenvalue weighted by Crippen LogP contribution is 2.25. The van der Waals surface area contributed by atoms with Crippen molar-refractivity contribution in [3.8, 4) is 23.5 Å². The lowest BCUT2D eigenvalue weighted by atomic mass is 9.99. The van der Waals surface area contributed by atoms with Crippen LogP contribution >= 0.6 is 11.3 Å². The Labute approximate surface area is 170 Å². The number of carbonyl (C=O) groups excluding carboxylic acids is 1. The van der Waals surface area contributed by atoms with Gasteiger partial charge in [0.25, 0.3) is 5.91 Å². The number of nitrogens with one attached hydrogen (secondary N) is 1. The average Bonchev–Trinajstić information content (AvgIpc) is 3.18. The zero-order valence-corrected chi connectivity index (χ0v) is 16.6. The van der Waals surface area contributed by atoms with Gasteiger partial charge in [-0.2, -0.15) is 0 Å². The Kier molecular flexibility index (Phi) is 6.71. The molecule has 1 unspecified atom stereocenters. The first-order chi connectivity index (χ1) is 13.6. The standard InChI is InChI=1S/C21H18N2O3S2/c1-2-20-23-19(13-27-20)21(24)22-12-11-15-7-9-16(10-8-15)18-6-4-3-5-17(18)14-28(25)26/h1,3-10,13H,11-12,14H2,(H,22,24)(H,25,26). The van der Waals surface area contributed by atoms with Crippen LogP contribution in [0.1, 0.15) is 26.6 Å². The normalized spacial score (nSPS) is 11.6. The van der Waals surface area contributed by atoms with E-state index in [0.29, 0.717) is 23.7 Å². The summed E-state index contributed by atoms with van der Waals surface area (Å²) in [7, 11) is 0. The van der Waals surface area contributed by atoms with Gasteiger partial charge in [-0.15, -0.1) is 17.8 Å². The van der Waals surface area contributed by atoms with E-state index in [-0.39, 0.29) is 11.7 Å². The number of rotatable bonds is 7. The molecule has 0 aliphatic rings. The van der Waals surface area contributed by atoms with E-state index >= 15 is 0 Å². The molecule has 1 aromatic heterocycles. The smallest absolute Gasteiger partial charge is 0.270 e. The number of terminal acetylenes is 1. The van der Waals surface area contributed by atoms with Gasteiger partial charge in [-0.25, -0.2) is 9.19 Å². The highest BCUT2D eigenvalue weighted by molar-refractivity contribution is 7.78. The van der Waals surface area contributed by atoms with E-state index in [1.54, 1.807) is 5.38 Å². The van der Waals surface area contributed by atoms with Crippen LogP contribution in [0.2, 0.25) is 0 Å². The fraction of sp³-hybridized carbons (Fsp3) is 0.143. The Bertz CT molecular complexity index is 1040. The molecule has 1 amide bonds. The minimum absolute atomic E-state index is 0.0992. The van der Waals surface area contributed by atoms with Crippen molar-refractivity contribution in [1.29, 1.82) is 0 Å². The van der Waals surface area contributed by atoms with Gasteiger partial charge >= 0.3 is 0 Å². The number of benzene rings is 2. The molecule has 142 valence electrons. The molecule has 2 N–H and O–H groups in total. The monoisotopic (exact) mass is 410 g/mol. The largest absolute Gasteiger partial charge is 0.350 e. The van der Waals surface area contributed by atoms with Crippen molar-refractivity contribution >= 4 is 28.3 Å². The first-order valence-corrected chi connectivity index (χ1v) is 10.7. The van der Waals surface area contributed by atoms with Crippen LogP contribution in [-0.4, -0.2) is 26.2 Å². The maximum absolute atomic E-state index is 12.0. The number of thiazole rings is 1. The Morgan fingerprint density at radius 3 is 2.64 bits per heavy atom. The molecular weight excluding hydrogens is 392 g/mol. The Balaban J connectivity index is 1.60. The molecule has 28 heavy (non-hydrogen) atoms. The van der Waals surface area contributed by atoms with Gasteiger partial charge in [0.15, 0.2) is 16.1 Å². The van der Waals surface area contributed by atoms with Crippen LogP contribution in [-0.2, 0) is 23.3 Å². The van der Waals surface area contributed by atoms with Crippen LogP contribution < -0.4 is 5.32 Å². The number of hydrogen-bond donors (Lipinski definition) is 2. The highest BCUT2D eigenvalue weighted by atomic mass is 32.2. The third kappa shape index (κ3) is 5.14. The van der Waals surface area contributed by atoms with Gasteiger partial charge in [0.2, 0.25) is 0 Å². The molecule has 1 atom stereocenters. The second-order valence-corrected chi connectivity index (χ2v) is 7.80. The molecule has 0 saturated carbocycles. The minimum atomic E-state index is -1.88. The second-order valence-electron chi connectivity index (χ2n) is 6.01. The SMILES string of the molecule is C#Cc1nc(C(=O)NCCc2ccc(-c3ccccc3CS(=O)O)cc2)cs1. The van der Waals surface area contributed by atoms with E-state index in [1.807, 2.05) is 48.5 Å². The van der Waals surface area contributed by atoms with Crippen molar-refractivity contribution < 1.29 is 13.6 Å². The molecule has 0 spiro atoms. The molecule has 2 aromatic carbocycles. The van der Waals surface area contributed by atoms with Crippen molar-refractivity contribution in [3.63, 3.8) is 0 Å². The number of amides is 1. The molecule has 0 saturated heterocycles. The summed E-state index contributed by atoms with van der Waals surface area (Å²) in [5, 5.41) is 4.98. The lowest BCUT2D eigenvalue weighted by Gasteiger charge is -2.09. The molecule has 5 nitrogen and oxygen atoms in total. The summed E-state index contributed by atoms with van der Waals surface area (Å²) in [4.78, 5) is 16.1. The van der Waals surface area contributed by atoms with Crippen molar-refractivity contribution in [2.24, 2.45) is 0 Å². The van der Waals surface area contributed by atoms with Crippen LogP contribution in [0.15, 0.2) is 53.9 Å². The maximum Gasteiger partial charge on any atom is 0.270 e. The molecule has 0 fully saturated rings. The summed E-state index contributed by atoms with van der Waals surface area (Å²) >= 11 is -0.615. The average molecular weight is 411 g/mol. The Hall–Kier alpha value is -2.79. The van der Waals surface area contributed by atoms with Gasteiger partial charge in [-0.05, 0) is 34.6 Å². The van der Waals surface area contributed by atoms with Crippen molar-refractivity contribution in [1.82, 2.24) is 10.3 Å². The quantitative estimate of drug-likeness (QED) is 0.462. The summed E-state index contributed by atoms with van der Waals surface area (Å²) in [6.45, 7) is 0.487. The van der Waals surface area contributed by atoms with Crippen molar-refractivity contribution in [2.75, 3.05) is 6.54 Å². The van der Waals surface area contributed by atoms with E-state index in [0.717, 1.165) is 22.3 Å². The van der Waals surface area contributed by atoms with E-state index in [9.17, 15) is 13.6 Å². The molecule has 1 heterocycles. The Morgan fingerprint density at radius 2 is 1.96 bits per heavy atom. The van der Waals surface area contributed by atoms with Gasteiger partial charge in [0, 0.05) is 11.9 Å². The van der Waals surface area contributed by atoms with E-state index < -0.39 is 11.1 Å². The van der Waals surface area contributed by atoms with Crippen LogP contribution in [0, 0.1) is 12.3 Å². The van der Waals surface area contributed by atoms with Gasteiger partial charge in [-0.1, -0.05) is 48.5 Å². The fourth-order valence-electron chi connectivity index (χ4n) is 2.77. The summed E-state index contributed by atoms with van der Waals surface area (Å²) in [5.74, 6) is 2.28. The molecule has 0 radical (unpaired) electrons. The third-order valence-electron chi connectivity index (χ3n) is 4.12. The topological polar surface area (TPSA) is 79.3 Å². The van der Waals surface area contributed by atoms with Gasteiger partial charge < -0.3 is 9.87 Å². The highest BCUT2D eigenvalue weighted by Gasteiger charge is 2.10. The molecule has 3 aromatic rings. The first-order valence-electron chi connectivity index (χ1n) is 8.52. The minimum Gasteiger partial charge on any atom is -0.350 e. The summed E-state index contributed by atoms with van der Waals surface area (Å²) < 4.78 is 20.3. The van der Waals surface area contributed by atoms with E-state index in [1.165, 1.54) is 11.3 Å². The zero-order valence-electron chi connectivity index (χ0n) is 14.9.